The fourth-order valence-corrected chi connectivity index (χ4v) is 1.94. The second kappa shape index (κ2) is 7.52. The van der Waals surface area contributed by atoms with Crippen LogP contribution in [0, 0.1) is 0 Å². The third-order valence-corrected chi connectivity index (χ3v) is 3.21. The van der Waals surface area contributed by atoms with Gasteiger partial charge in [0.15, 0.2) is 0 Å². The van der Waals surface area contributed by atoms with Crippen molar-refractivity contribution in [3.8, 4) is 0 Å². The molecule has 1 aromatic carbocycles. The molecule has 0 radical (unpaired) electrons. The Balaban J connectivity index is 2.39. The van der Waals surface area contributed by atoms with Crippen molar-refractivity contribution in [3.63, 3.8) is 0 Å². The molecule has 0 saturated heterocycles. The second-order valence-electron chi connectivity index (χ2n) is 5.35. The normalized spacial score (nSPS) is 13.3. The van der Waals surface area contributed by atoms with Crippen molar-refractivity contribution in [2.45, 2.75) is 32.2 Å². The zero-order chi connectivity index (χ0) is 13.5. The number of hydrogen-bond acceptors (Lipinski definition) is 3. The molecular weight excluding hydrogens is 224 g/mol. The topological polar surface area (TPSA) is 49.5 Å². The van der Waals surface area contributed by atoms with Crippen LogP contribution < -0.4 is 5.73 Å². The molecule has 0 heterocycles. The SMILES string of the molecule is CC(C)c1ccc(CCN(C)CC(N)CO)cc1. The molecule has 0 saturated carbocycles. The molecule has 0 aliphatic heterocycles. The summed E-state index contributed by atoms with van der Waals surface area (Å²) >= 11 is 0. The molecule has 3 heteroatoms. The van der Waals surface area contributed by atoms with Crippen LogP contribution in [0.1, 0.15) is 30.9 Å². The van der Waals surface area contributed by atoms with Gasteiger partial charge in [-0.2, -0.15) is 0 Å². The van der Waals surface area contributed by atoms with Gasteiger partial charge in [0.25, 0.3) is 0 Å². The molecule has 0 aliphatic carbocycles. The molecule has 0 bridgehead atoms. The zero-order valence-corrected chi connectivity index (χ0v) is 11.8. The van der Waals surface area contributed by atoms with E-state index in [-0.39, 0.29) is 12.6 Å². The van der Waals surface area contributed by atoms with Gasteiger partial charge in [0, 0.05) is 19.1 Å². The molecule has 1 atom stereocenters. The summed E-state index contributed by atoms with van der Waals surface area (Å²) in [6, 6.07) is 8.68. The van der Waals surface area contributed by atoms with Gasteiger partial charge in [-0.15, -0.1) is 0 Å². The third-order valence-electron chi connectivity index (χ3n) is 3.21. The van der Waals surface area contributed by atoms with Crippen LogP contribution in [0.2, 0.25) is 0 Å². The van der Waals surface area contributed by atoms with Gasteiger partial charge in [-0.1, -0.05) is 38.1 Å². The van der Waals surface area contributed by atoms with Crippen LogP contribution in [0.25, 0.3) is 0 Å². The van der Waals surface area contributed by atoms with E-state index in [4.69, 9.17) is 10.8 Å². The molecular formula is C15H26N2O. The third kappa shape index (κ3) is 5.17. The minimum atomic E-state index is -0.140. The fourth-order valence-electron chi connectivity index (χ4n) is 1.94. The van der Waals surface area contributed by atoms with Crippen molar-refractivity contribution >= 4 is 0 Å². The number of nitrogens with zero attached hydrogens (tertiary/aromatic N) is 1. The maximum Gasteiger partial charge on any atom is 0.0595 e. The molecule has 18 heavy (non-hydrogen) atoms. The van der Waals surface area contributed by atoms with E-state index in [9.17, 15) is 0 Å². The van der Waals surface area contributed by atoms with Crippen molar-refractivity contribution in [1.82, 2.24) is 4.90 Å². The molecule has 1 rings (SSSR count). The van der Waals surface area contributed by atoms with E-state index in [0.717, 1.165) is 19.5 Å². The fraction of sp³-hybridized carbons (Fsp3) is 0.600. The first-order valence-electron chi connectivity index (χ1n) is 6.66. The van der Waals surface area contributed by atoms with E-state index in [1.165, 1.54) is 11.1 Å². The predicted octanol–water partition coefficient (Wildman–Crippen LogP) is 1.60. The van der Waals surface area contributed by atoms with Gasteiger partial charge in [-0.3, -0.25) is 0 Å². The summed E-state index contributed by atoms with van der Waals surface area (Å²) in [5, 5.41) is 8.90. The molecule has 102 valence electrons. The lowest BCUT2D eigenvalue weighted by molar-refractivity contribution is 0.223. The van der Waals surface area contributed by atoms with Crippen molar-refractivity contribution in [1.29, 1.82) is 0 Å². The maximum absolute atomic E-state index is 8.90. The van der Waals surface area contributed by atoms with E-state index in [2.05, 4.69) is 43.0 Å². The van der Waals surface area contributed by atoms with E-state index in [1.54, 1.807) is 0 Å². The molecule has 0 fully saturated rings. The van der Waals surface area contributed by atoms with E-state index in [1.807, 2.05) is 7.05 Å². The molecule has 0 spiro atoms. The standard InChI is InChI=1S/C15H26N2O/c1-12(2)14-6-4-13(5-7-14)8-9-17(3)10-15(16)11-18/h4-7,12,15,18H,8-11,16H2,1-3H3. The highest BCUT2D eigenvalue weighted by Crippen LogP contribution is 2.14. The number of benzene rings is 1. The van der Waals surface area contributed by atoms with Crippen LogP contribution in [0.4, 0.5) is 0 Å². The van der Waals surface area contributed by atoms with E-state index >= 15 is 0 Å². The quantitative estimate of drug-likeness (QED) is 0.773. The average Bonchev–Trinajstić information content (AvgIpc) is 2.36. The lowest BCUT2D eigenvalue weighted by Gasteiger charge is -2.19. The highest BCUT2D eigenvalue weighted by Gasteiger charge is 2.05. The van der Waals surface area contributed by atoms with Crippen molar-refractivity contribution in [3.05, 3.63) is 35.4 Å². The second-order valence-corrected chi connectivity index (χ2v) is 5.35. The van der Waals surface area contributed by atoms with Crippen molar-refractivity contribution < 1.29 is 5.11 Å². The molecule has 3 N–H and O–H groups in total. The molecule has 3 nitrogen and oxygen atoms in total. The van der Waals surface area contributed by atoms with Gasteiger partial charge in [0.05, 0.1) is 6.61 Å². The summed E-state index contributed by atoms with van der Waals surface area (Å²) in [4.78, 5) is 2.16. The van der Waals surface area contributed by atoms with Crippen LogP contribution in [0.3, 0.4) is 0 Å². The van der Waals surface area contributed by atoms with Gasteiger partial charge in [-0.05, 0) is 30.5 Å². The minimum absolute atomic E-state index is 0.0490. The Morgan fingerprint density at radius 3 is 2.33 bits per heavy atom. The van der Waals surface area contributed by atoms with E-state index < -0.39 is 0 Å². The lowest BCUT2D eigenvalue weighted by atomic mass is 10.0. The Labute approximate surface area is 111 Å². The van der Waals surface area contributed by atoms with Crippen molar-refractivity contribution in [2.24, 2.45) is 5.73 Å². The average molecular weight is 250 g/mol. The van der Waals surface area contributed by atoms with Gasteiger partial charge in [0.1, 0.15) is 0 Å². The van der Waals surface area contributed by atoms with Gasteiger partial charge >= 0.3 is 0 Å². The molecule has 0 aromatic heterocycles. The summed E-state index contributed by atoms with van der Waals surface area (Å²) in [6.07, 6.45) is 1.02. The number of rotatable bonds is 7. The Kier molecular flexibility index (Phi) is 6.33. The summed E-state index contributed by atoms with van der Waals surface area (Å²) in [5.74, 6) is 0.587. The van der Waals surface area contributed by atoms with Gasteiger partial charge in [0.2, 0.25) is 0 Å². The number of nitrogens with two attached hydrogens (primary N) is 1. The van der Waals surface area contributed by atoms with Gasteiger partial charge in [-0.25, -0.2) is 0 Å². The first-order chi connectivity index (χ1) is 8.52. The highest BCUT2D eigenvalue weighted by molar-refractivity contribution is 5.24. The Morgan fingerprint density at radius 2 is 1.83 bits per heavy atom. The maximum atomic E-state index is 8.90. The summed E-state index contributed by atoms with van der Waals surface area (Å²) in [6.45, 7) is 6.17. The first-order valence-corrected chi connectivity index (χ1v) is 6.66. The molecule has 1 unspecified atom stereocenters. The first kappa shape index (κ1) is 15.2. The number of aliphatic hydroxyl groups excluding tert-OH is 1. The van der Waals surface area contributed by atoms with Crippen molar-refractivity contribution in [2.75, 3.05) is 26.7 Å². The van der Waals surface area contributed by atoms with Crippen LogP contribution in [0.5, 0.6) is 0 Å². The van der Waals surface area contributed by atoms with E-state index in [0.29, 0.717) is 5.92 Å². The molecule has 0 aliphatic rings. The van der Waals surface area contributed by atoms with Gasteiger partial charge < -0.3 is 15.7 Å². The largest absolute Gasteiger partial charge is 0.395 e. The monoisotopic (exact) mass is 250 g/mol. The minimum Gasteiger partial charge on any atom is -0.395 e. The summed E-state index contributed by atoms with van der Waals surface area (Å²) in [7, 11) is 2.04. The molecule has 1 aromatic rings. The Morgan fingerprint density at radius 1 is 1.22 bits per heavy atom. The summed E-state index contributed by atoms with van der Waals surface area (Å²) in [5.41, 5.74) is 8.44. The number of aliphatic hydroxyl groups is 1. The summed E-state index contributed by atoms with van der Waals surface area (Å²) < 4.78 is 0. The van der Waals surface area contributed by atoms with Crippen LogP contribution in [-0.2, 0) is 6.42 Å². The number of likely N-dealkylation sites (N-methyl/N-ethyl adjacent to an activating group) is 1. The van der Waals surface area contributed by atoms with Crippen LogP contribution >= 0.6 is 0 Å². The smallest absolute Gasteiger partial charge is 0.0595 e. The van der Waals surface area contributed by atoms with Crippen LogP contribution in [0.15, 0.2) is 24.3 Å². The van der Waals surface area contributed by atoms with Crippen LogP contribution in [-0.4, -0.2) is 42.8 Å². The highest BCUT2D eigenvalue weighted by atomic mass is 16.3. The number of hydrogen-bond donors (Lipinski definition) is 2. The predicted molar refractivity (Wildman–Crippen MR) is 76.8 cm³/mol. The lowest BCUT2D eigenvalue weighted by Crippen LogP contribution is -2.38. The molecule has 0 amide bonds. The zero-order valence-electron chi connectivity index (χ0n) is 11.8. The Bertz CT molecular complexity index is 335. The Hall–Kier alpha value is -0.900.